The Morgan fingerprint density at radius 1 is 0.719 bits per heavy atom. The third-order valence-corrected chi connectivity index (χ3v) is 4.62. The molecule has 2 N–H and O–H groups in total. The van der Waals surface area contributed by atoms with Gasteiger partial charge in [0, 0.05) is 24.8 Å². The van der Waals surface area contributed by atoms with Gasteiger partial charge in [-0.3, -0.25) is 18.9 Å². The molecule has 0 aromatic carbocycles. The number of carboxylic acids is 2. The fraction of sp³-hybridized carbons (Fsp3) is 0.667. The molecular weight excluding hydrogens is 510 g/mol. The van der Waals surface area contributed by atoms with Crippen molar-refractivity contribution < 1.29 is 134 Å². The summed E-state index contributed by atoms with van der Waals surface area (Å²) in [5.41, 5.74) is 0. The molecule has 0 bridgehead atoms. The van der Waals surface area contributed by atoms with Crippen molar-refractivity contribution in [1.29, 1.82) is 0 Å². The van der Waals surface area contributed by atoms with Gasteiger partial charge in [-0.05, 0) is 13.8 Å². The van der Waals surface area contributed by atoms with Crippen LogP contribution in [0.2, 0.25) is 0 Å². The molecule has 0 radical (unpaired) electrons. The maximum absolute atomic E-state index is 10.9. The van der Waals surface area contributed by atoms with Crippen LogP contribution in [0.4, 0.5) is 0 Å². The van der Waals surface area contributed by atoms with E-state index in [0.29, 0.717) is 0 Å². The van der Waals surface area contributed by atoms with Crippen molar-refractivity contribution in [2.45, 2.75) is 37.2 Å². The van der Waals surface area contributed by atoms with Gasteiger partial charge < -0.3 is 19.8 Å². The Labute approximate surface area is 226 Å². The van der Waals surface area contributed by atoms with E-state index in [1.54, 1.807) is 0 Å². The van der Waals surface area contributed by atoms with E-state index in [4.69, 9.17) is 9.11 Å². The summed E-state index contributed by atoms with van der Waals surface area (Å²) in [6.45, 7) is 2.81. The van der Waals surface area contributed by atoms with Crippen LogP contribution < -0.4 is 69.3 Å². The summed E-state index contributed by atoms with van der Waals surface area (Å²) in [5.74, 6) is -6.65. The standard InChI is InChI=1S/2C6H10O8S.2Na/c2*1-2-13-14-6(9)4(3-5(7)8)15(10,11)12;;/h2*4H,2-3H2,1H3,(H,7,8)(H,10,11,12);;/q;;2*+1/p-2. The zero-order chi connectivity index (χ0) is 24.1. The Balaban J connectivity index is -0.000000231. The van der Waals surface area contributed by atoms with Gasteiger partial charge in [0.05, 0.1) is 13.2 Å². The minimum Gasteiger partial charge on any atom is -0.550 e. The predicted octanol–water partition coefficient (Wildman–Crippen LogP) is -10.2. The smallest absolute Gasteiger partial charge is 0.550 e. The van der Waals surface area contributed by atoms with Crippen LogP contribution in [0.25, 0.3) is 0 Å². The quantitative estimate of drug-likeness (QED) is 0.103. The van der Waals surface area contributed by atoms with Crippen LogP contribution in [0.1, 0.15) is 26.7 Å². The third kappa shape index (κ3) is 19.1. The van der Waals surface area contributed by atoms with Crippen molar-refractivity contribution in [1.82, 2.24) is 0 Å². The number of hydrogen-bond donors (Lipinski definition) is 2. The SMILES string of the molecule is CCOOC(=O)C(CC(=O)[O-])S(=O)(=O)O.CCOOC(=O)C(CC(=O)[O-])S(=O)(=O)O.[Na+].[Na+]. The summed E-state index contributed by atoms with van der Waals surface area (Å²) in [6, 6.07) is 0. The zero-order valence-electron chi connectivity index (χ0n) is 17.4. The van der Waals surface area contributed by atoms with Gasteiger partial charge in [0.15, 0.2) is 10.5 Å². The average Bonchev–Trinajstić information content (AvgIpc) is 2.58. The van der Waals surface area contributed by atoms with E-state index in [-0.39, 0.29) is 72.3 Å². The molecule has 0 aromatic heterocycles. The van der Waals surface area contributed by atoms with E-state index in [2.05, 4.69) is 19.6 Å². The molecular formula is C12H18Na2O16S2. The fourth-order valence-electron chi connectivity index (χ4n) is 1.26. The number of carbonyl (C=O) groups excluding carboxylic acids is 4. The molecule has 176 valence electrons. The molecule has 0 saturated heterocycles. The van der Waals surface area contributed by atoms with Gasteiger partial charge in [-0.1, -0.05) is 0 Å². The Morgan fingerprint density at radius 2 is 0.969 bits per heavy atom. The van der Waals surface area contributed by atoms with Crippen LogP contribution in [-0.4, -0.2) is 73.5 Å². The first-order valence-electron chi connectivity index (χ1n) is 7.56. The minimum atomic E-state index is -4.87. The first-order chi connectivity index (χ1) is 13.6. The van der Waals surface area contributed by atoms with E-state index in [1.165, 1.54) is 13.8 Å². The van der Waals surface area contributed by atoms with Gasteiger partial charge in [0.2, 0.25) is 0 Å². The second kappa shape index (κ2) is 19.0. The Morgan fingerprint density at radius 3 is 1.12 bits per heavy atom. The number of rotatable bonds is 12. The number of hydrogen-bond acceptors (Lipinski definition) is 14. The van der Waals surface area contributed by atoms with Crippen LogP contribution in [0.3, 0.4) is 0 Å². The molecule has 0 heterocycles. The second-order valence-electron chi connectivity index (χ2n) is 4.78. The van der Waals surface area contributed by atoms with Gasteiger partial charge in [-0.15, -0.1) is 0 Å². The Hall–Kier alpha value is -0.380. The van der Waals surface area contributed by atoms with E-state index in [9.17, 15) is 46.2 Å². The van der Waals surface area contributed by atoms with Crippen molar-refractivity contribution >= 4 is 44.1 Å². The summed E-state index contributed by atoms with van der Waals surface area (Å²) < 4.78 is 59.4. The normalized spacial score (nSPS) is 12.4. The largest absolute Gasteiger partial charge is 1.00 e. The molecule has 2 unspecified atom stereocenters. The van der Waals surface area contributed by atoms with Crippen LogP contribution >= 0.6 is 0 Å². The van der Waals surface area contributed by atoms with Gasteiger partial charge in [0.25, 0.3) is 20.2 Å². The molecule has 0 aliphatic carbocycles. The maximum Gasteiger partial charge on any atom is 1.00 e. The first-order valence-corrected chi connectivity index (χ1v) is 10.6. The fourth-order valence-corrected chi connectivity index (χ4v) is 2.52. The number of carbonyl (C=O) groups is 4. The first kappa shape index (κ1) is 38.9. The molecule has 20 heteroatoms. The van der Waals surface area contributed by atoms with Crippen LogP contribution in [-0.2, 0) is 59.0 Å². The van der Waals surface area contributed by atoms with Gasteiger partial charge in [0.1, 0.15) is 0 Å². The van der Waals surface area contributed by atoms with E-state index in [1.807, 2.05) is 0 Å². The molecule has 0 aliphatic rings. The molecule has 16 nitrogen and oxygen atoms in total. The van der Waals surface area contributed by atoms with E-state index < -0.39 is 67.5 Å². The van der Waals surface area contributed by atoms with Gasteiger partial charge in [-0.2, -0.15) is 26.6 Å². The molecule has 0 fully saturated rings. The molecule has 2 atom stereocenters. The monoisotopic (exact) mass is 528 g/mol. The van der Waals surface area contributed by atoms with Crippen molar-refractivity contribution in [3.8, 4) is 0 Å². The predicted molar refractivity (Wildman–Crippen MR) is 85.4 cm³/mol. The molecule has 0 spiro atoms. The summed E-state index contributed by atoms with van der Waals surface area (Å²) in [7, 11) is -9.73. The maximum atomic E-state index is 10.9. The van der Waals surface area contributed by atoms with Gasteiger partial charge >= 0.3 is 71.1 Å². The van der Waals surface area contributed by atoms with Crippen molar-refractivity contribution in [3.63, 3.8) is 0 Å². The minimum absolute atomic E-state index is 0. The molecule has 0 rings (SSSR count). The van der Waals surface area contributed by atoms with Crippen LogP contribution in [0.15, 0.2) is 0 Å². The summed E-state index contributed by atoms with van der Waals surface area (Å²) >= 11 is 0. The molecule has 0 amide bonds. The topological polar surface area (TPSA) is 260 Å². The summed E-state index contributed by atoms with van der Waals surface area (Å²) in [6.07, 6.45) is -2.41. The van der Waals surface area contributed by atoms with E-state index >= 15 is 0 Å². The third-order valence-electron chi connectivity index (χ3n) is 2.47. The number of aliphatic carboxylic acids is 2. The van der Waals surface area contributed by atoms with Crippen molar-refractivity contribution in [2.24, 2.45) is 0 Å². The number of carboxylic acid groups (broad SMARTS) is 2. The molecule has 0 aromatic rings. The van der Waals surface area contributed by atoms with E-state index in [0.717, 1.165) is 0 Å². The molecule has 32 heavy (non-hydrogen) atoms. The Kier molecular flexibility index (Phi) is 23.1. The van der Waals surface area contributed by atoms with Crippen LogP contribution in [0, 0.1) is 0 Å². The summed E-state index contributed by atoms with van der Waals surface area (Å²) in [5, 5.41) is 15.7. The summed E-state index contributed by atoms with van der Waals surface area (Å²) in [4.78, 5) is 58.1. The zero-order valence-corrected chi connectivity index (χ0v) is 23.0. The average molecular weight is 528 g/mol. The molecule has 0 saturated carbocycles. The van der Waals surface area contributed by atoms with Crippen molar-refractivity contribution in [2.75, 3.05) is 13.2 Å². The van der Waals surface area contributed by atoms with Gasteiger partial charge in [-0.25, -0.2) is 9.59 Å². The second-order valence-corrected chi connectivity index (χ2v) is 7.98. The molecule has 0 aliphatic heterocycles. The van der Waals surface area contributed by atoms with Crippen LogP contribution in [0.5, 0.6) is 0 Å². The Bertz CT molecular complexity index is 741. The van der Waals surface area contributed by atoms with Crippen molar-refractivity contribution in [3.05, 3.63) is 0 Å².